The highest BCUT2D eigenvalue weighted by atomic mass is 14.7. The van der Waals surface area contributed by atoms with Gasteiger partial charge >= 0.3 is 0 Å². The molecule has 27 heavy (non-hydrogen) atoms. The summed E-state index contributed by atoms with van der Waals surface area (Å²) in [4.78, 5) is 8.91. The quantitative estimate of drug-likeness (QED) is 0.496. The van der Waals surface area contributed by atoms with Gasteiger partial charge in [0.2, 0.25) is 0 Å². The Hall–Kier alpha value is -2.48. The molecule has 3 rings (SSSR count). The van der Waals surface area contributed by atoms with Gasteiger partial charge in [0.15, 0.2) is 0 Å². The van der Waals surface area contributed by atoms with Crippen molar-refractivity contribution < 1.29 is 0 Å². The average Bonchev–Trinajstić information content (AvgIpc) is 2.69. The fourth-order valence-electron chi connectivity index (χ4n) is 3.57. The van der Waals surface area contributed by atoms with Gasteiger partial charge in [0, 0.05) is 30.2 Å². The Balaban J connectivity index is 1.70. The maximum absolute atomic E-state index is 4.66. The molecule has 0 N–H and O–H groups in total. The van der Waals surface area contributed by atoms with Crippen LogP contribution in [0.3, 0.4) is 0 Å². The highest BCUT2D eigenvalue weighted by Gasteiger charge is 2.12. The summed E-state index contributed by atoms with van der Waals surface area (Å²) >= 11 is 0. The molecule has 0 aliphatic rings. The van der Waals surface area contributed by atoms with E-state index in [0.717, 1.165) is 12.8 Å². The van der Waals surface area contributed by atoms with Crippen LogP contribution >= 0.6 is 0 Å². The van der Waals surface area contributed by atoms with Crippen LogP contribution in [-0.4, -0.2) is 9.97 Å². The van der Waals surface area contributed by atoms with E-state index in [1.54, 1.807) is 0 Å². The number of rotatable bonds is 7. The summed E-state index contributed by atoms with van der Waals surface area (Å²) in [6.45, 7) is 9.03. The van der Waals surface area contributed by atoms with Crippen LogP contribution in [0.4, 0.5) is 0 Å². The summed E-state index contributed by atoms with van der Waals surface area (Å²) in [5, 5.41) is 0. The first-order valence-electron chi connectivity index (χ1n) is 9.96. The van der Waals surface area contributed by atoms with Crippen molar-refractivity contribution in [1.82, 2.24) is 9.97 Å². The van der Waals surface area contributed by atoms with Gasteiger partial charge in [-0.2, -0.15) is 0 Å². The van der Waals surface area contributed by atoms with Crippen LogP contribution in [-0.2, 0) is 12.8 Å². The Bertz CT molecular complexity index is 855. The molecule has 0 saturated heterocycles. The predicted octanol–water partition coefficient (Wildman–Crippen LogP) is 6.29. The molecule has 0 aliphatic carbocycles. The normalized spacial score (nSPS) is 13.5. The van der Waals surface area contributed by atoms with Crippen molar-refractivity contribution in [3.05, 3.63) is 95.1 Å². The third-order valence-corrected chi connectivity index (χ3v) is 5.31. The van der Waals surface area contributed by atoms with Gasteiger partial charge < -0.3 is 0 Å². The molecule has 0 bridgehead atoms. The molecule has 1 aromatic carbocycles. The van der Waals surface area contributed by atoms with Crippen LogP contribution < -0.4 is 0 Å². The van der Waals surface area contributed by atoms with Crippen LogP contribution in [0.25, 0.3) is 0 Å². The Morgan fingerprint density at radius 3 is 2.22 bits per heavy atom. The molecule has 0 spiro atoms. The van der Waals surface area contributed by atoms with Crippen molar-refractivity contribution in [3.63, 3.8) is 0 Å². The molecule has 0 radical (unpaired) electrons. The highest BCUT2D eigenvalue weighted by molar-refractivity contribution is 5.29. The van der Waals surface area contributed by atoms with E-state index < -0.39 is 0 Å². The summed E-state index contributed by atoms with van der Waals surface area (Å²) in [5.41, 5.74) is 6.62. The van der Waals surface area contributed by atoms with E-state index in [9.17, 15) is 0 Å². The van der Waals surface area contributed by atoms with E-state index in [2.05, 4.69) is 80.1 Å². The number of hydrogen-bond donors (Lipinski definition) is 0. The van der Waals surface area contributed by atoms with Crippen molar-refractivity contribution in [2.75, 3.05) is 0 Å². The molecule has 2 atom stereocenters. The van der Waals surface area contributed by atoms with E-state index in [1.807, 2.05) is 24.7 Å². The van der Waals surface area contributed by atoms with Gasteiger partial charge in [0.1, 0.15) is 0 Å². The molecule has 2 heterocycles. The van der Waals surface area contributed by atoms with E-state index in [1.165, 1.54) is 27.9 Å². The van der Waals surface area contributed by atoms with Crippen LogP contribution in [0.1, 0.15) is 73.4 Å². The summed E-state index contributed by atoms with van der Waals surface area (Å²) in [7, 11) is 0. The van der Waals surface area contributed by atoms with Crippen LogP contribution in [0.2, 0.25) is 0 Å². The standard InChI is InChI=1S/C25H30N2/c1-18(2)23-8-5-7-21(15-23)14-20(4)25-16-22(10-12-27-25)13-19(3)24-9-6-11-26-17-24/h5-12,15-20H,13-14H2,1-4H3. The van der Waals surface area contributed by atoms with Crippen LogP contribution in [0.15, 0.2) is 67.1 Å². The molecule has 140 valence electrons. The molecule has 0 fully saturated rings. The fraction of sp³-hybridized carbons (Fsp3) is 0.360. The minimum absolute atomic E-state index is 0.404. The number of nitrogens with zero attached hydrogens (tertiary/aromatic N) is 2. The number of benzene rings is 1. The largest absolute Gasteiger partial charge is 0.264 e. The zero-order chi connectivity index (χ0) is 19.2. The first-order chi connectivity index (χ1) is 13.0. The molecule has 0 amide bonds. The third kappa shape index (κ3) is 5.26. The summed E-state index contributed by atoms with van der Waals surface area (Å²) in [5.74, 6) is 1.42. The second kappa shape index (κ2) is 8.94. The van der Waals surface area contributed by atoms with Gasteiger partial charge in [-0.1, -0.05) is 58.0 Å². The lowest BCUT2D eigenvalue weighted by Crippen LogP contribution is -2.04. The maximum atomic E-state index is 4.66. The van der Waals surface area contributed by atoms with Gasteiger partial charge in [-0.15, -0.1) is 0 Å². The molecular formula is C25H30N2. The van der Waals surface area contributed by atoms with Crippen LogP contribution in [0, 0.1) is 0 Å². The topological polar surface area (TPSA) is 25.8 Å². The molecule has 2 unspecified atom stereocenters. The SMILES string of the molecule is CC(C)c1cccc(CC(C)c2cc(CC(C)c3cccnc3)ccn2)c1. The Labute approximate surface area is 163 Å². The third-order valence-electron chi connectivity index (χ3n) is 5.31. The minimum Gasteiger partial charge on any atom is -0.264 e. The van der Waals surface area contributed by atoms with Gasteiger partial charge in [-0.05, 0) is 65.1 Å². The second-order valence-corrected chi connectivity index (χ2v) is 7.99. The maximum Gasteiger partial charge on any atom is 0.0437 e. The van der Waals surface area contributed by atoms with E-state index >= 15 is 0 Å². The Morgan fingerprint density at radius 1 is 0.741 bits per heavy atom. The molecule has 2 nitrogen and oxygen atoms in total. The minimum atomic E-state index is 0.404. The number of hydrogen-bond acceptors (Lipinski definition) is 2. The molecule has 0 aliphatic heterocycles. The monoisotopic (exact) mass is 358 g/mol. The van der Waals surface area contributed by atoms with Crippen molar-refractivity contribution in [1.29, 1.82) is 0 Å². The lowest BCUT2D eigenvalue weighted by Gasteiger charge is -2.16. The van der Waals surface area contributed by atoms with E-state index in [-0.39, 0.29) is 0 Å². The summed E-state index contributed by atoms with van der Waals surface area (Å²) in [6.07, 6.45) is 7.79. The number of pyridine rings is 2. The molecular weight excluding hydrogens is 328 g/mol. The fourth-order valence-corrected chi connectivity index (χ4v) is 3.57. The van der Waals surface area contributed by atoms with E-state index in [4.69, 9.17) is 0 Å². The van der Waals surface area contributed by atoms with Crippen molar-refractivity contribution in [3.8, 4) is 0 Å². The van der Waals surface area contributed by atoms with E-state index in [0.29, 0.717) is 17.8 Å². The predicted molar refractivity (Wildman–Crippen MR) is 113 cm³/mol. The first-order valence-corrected chi connectivity index (χ1v) is 9.96. The average molecular weight is 359 g/mol. The van der Waals surface area contributed by atoms with Gasteiger partial charge in [0.05, 0.1) is 0 Å². The summed E-state index contributed by atoms with van der Waals surface area (Å²) < 4.78 is 0. The highest BCUT2D eigenvalue weighted by Crippen LogP contribution is 2.24. The lowest BCUT2D eigenvalue weighted by molar-refractivity contribution is 0.715. The number of aromatic nitrogens is 2. The first kappa shape index (κ1) is 19.3. The molecule has 3 aromatic rings. The van der Waals surface area contributed by atoms with Gasteiger partial charge in [-0.25, -0.2) is 0 Å². The zero-order valence-corrected chi connectivity index (χ0v) is 16.9. The zero-order valence-electron chi connectivity index (χ0n) is 16.9. The smallest absolute Gasteiger partial charge is 0.0437 e. The molecule has 0 saturated carbocycles. The van der Waals surface area contributed by atoms with Crippen molar-refractivity contribution >= 4 is 0 Å². The Morgan fingerprint density at radius 2 is 1.48 bits per heavy atom. The van der Waals surface area contributed by atoms with Crippen molar-refractivity contribution in [2.45, 2.75) is 58.3 Å². The van der Waals surface area contributed by atoms with Crippen molar-refractivity contribution in [2.24, 2.45) is 0 Å². The summed E-state index contributed by atoms with van der Waals surface area (Å²) in [6, 6.07) is 17.6. The molecule has 2 heteroatoms. The van der Waals surface area contributed by atoms with Gasteiger partial charge in [0.25, 0.3) is 0 Å². The van der Waals surface area contributed by atoms with Gasteiger partial charge in [-0.3, -0.25) is 9.97 Å². The lowest BCUT2D eigenvalue weighted by atomic mass is 9.91. The second-order valence-electron chi connectivity index (χ2n) is 7.99. The Kier molecular flexibility index (Phi) is 6.39. The molecule has 2 aromatic heterocycles. The van der Waals surface area contributed by atoms with Crippen LogP contribution in [0.5, 0.6) is 0 Å².